The summed E-state index contributed by atoms with van der Waals surface area (Å²) in [5, 5.41) is 11.9. The molecule has 10 heteroatoms. The number of pyridine rings is 1. The second-order valence-corrected chi connectivity index (χ2v) is 11.6. The number of carbonyl (C=O) groups is 1. The molecule has 1 saturated heterocycles. The minimum atomic E-state index is -0.751. The summed E-state index contributed by atoms with van der Waals surface area (Å²) in [6, 6.07) is 24.7. The number of nitrogens with zero attached hydrogens (tertiary/aromatic N) is 5. The monoisotopic (exact) mass is 579 g/mol. The third kappa shape index (κ3) is 5.55. The Labute approximate surface area is 247 Å². The lowest BCUT2D eigenvalue weighted by molar-refractivity contribution is -0.384. The van der Waals surface area contributed by atoms with Crippen molar-refractivity contribution in [3.63, 3.8) is 0 Å². The Kier molecular flexibility index (Phi) is 7.13. The maximum absolute atomic E-state index is 15.3. The summed E-state index contributed by atoms with van der Waals surface area (Å²) in [4.78, 5) is 35.2. The standard InChI is InChI=1S/C33H30FN5O4/c1-33(2,3)43-32(40)37-19-18-23(20-37)21-12-14-24(15-13-21)38-30-27(17-16-26(35-30)22-8-5-4-6-9-22)36-31(38)29-25(34)10-7-11-28(29)39(41)42/h4-17,23H,18-20H2,1-3H3. The van der Waals surface area contributed by atoms with Gasteiger partial charge in [-0.3, -0.25) is 14.7 Å². The van der Waals surface area contributed by atoms with Crippen molar-refractivity contribution in [1.82, 2.24) is 19.4 Å². The number of carbonyl (C=O) groups excluding carboxylic acids is 1. The van der Waals surface area contributed by atoms with E-state index in [9.17, 15) is 14.9 Å². The first-order valence-electron chi connectivity index (χ1n) is 14.1. The van der Waals surface area contributed by atoms with E-state index in [1.165, 1.54) is 18.2 Å². The Morgan fingerprint density at radius 2 is 1.72 bits per heavy atom. The first kappa shape index (κ1) is 28.0. The molecule has 0 bridgehead atoms. The summed E-state index contributed by atoms with van der Waals surface area (Å²) in [5.74, 6) is -0.544. The highest BCUT2D eigenvalue weighted by atomic mass is 19.1. The maximum Gasteiger partial charge on any atom is 0.410 e. The van der Waals surface area contributed by atoms with Crippen molar-refractivity contribution in [3.05, 3.63) is 106 Å². The summed E-state index contributed by atoms with van der Waals surface area (Å²) in [5.41, 5.74) is 3.00. The molecule has 43 heavy (non-hydrogen) atoms. The molecule has 9 nitrogen and oxygen atoms in total. The van der Waals surface area contributed by atoms with Crippen LogP contribution in [0.1, 0.15) is 38.7 Å². The predicted molar refractivity (Wildman–Crippen MR) is 162 cm³/mol. The number of fused-ring (bicyclic) bond motifs is 1. The summed E-state index contributed by atoms with van der Waals surface area (Å²) in [7, 11) is 0. The molecular weight excluding hydrogens is 549 g/mol. The van der Waals surface area contributed by atoms with Crippen LogP contribution >= 0.6 is 0 Å². The van der Waals surface area contributed by atoms with E-state index >= 15 is 4.39 Å². The molecule has 0 saturated carbocycles. The van der Waals surface area contributed by atoms with Gasteiger partial charge < -0.3 is 9.64 Å². The molecule has 0 aliphatic carbocycles. The van der Waals surface area contributed by atoms with Gasteiger partial charge in [0.15, 0.2) is 11.5 Å². The molecule has 1 amide bonds. The van der Waals surface area contributed by atoms with Gasteiger partial charge in [-0.2, -0.15) is 0 Å². The molecule has 3 aromatic carbocycles. The fourth-order valence-electron chi connectivity index (χ4n) is 5.45. The van der Waals surface area contributed by atoms with E-state index < -0.39 is 16.3 Å². The van der Waals surface area contributed by atoms with Crippen LogP contribution in [0.25, 0.3) is 39.5 Å². The SMILES string of the molecule is CC(C)(C)OC(=O)N1CCC(c2ccc(-n3c(-c4c(F)cccc4[N+](=O)[O-])nc4ccc(-c5ccccc5)nc43)cc2)C1. The van der Waals surface area contributed by atoms with Crippen LogP contribution in [-0.2, 0) is 4.74 Å². The summed E-state index contributed by atoms with van der Waals surface area (Å²) in [6.07, 6.45) is 0.467. The van der Waals surface area contributed by atoms with Gasteiger partial charge in [-0.05, 0) is 63.1 Å². The number of benzene rings is 3. The number of likely N-dealkylation sites (tertiary alicyclic amines) is 1. The number of hydrogen-bond acceptors (Lipinski definition) is 6. The van der Waals surface area contributed by atoms with E-state index in [0.29, 0.717) is 35.6 Å². The molecule has 1 atom stereocenters. The zero-order chi connectivity index (χ0) is 30.3. The van der Waals surface area contributed by atoms with E-state index in [0.717, 1.165) is 17.5 Å². The van der Waals surface area contributed by atoms with Crippen molar-refractivity contribution in [3.8, 4) is 28.3 Å². The van der Waals surface area contributed by atoms with Crippen molar-refractivity contribution < 1.29 is 18.8 Å². The van der Waals surface area contributed by atoms with Crippen LogP contribution < -0.4 is 0 Å². The van der Waals surface area contributed by atoms with Gasteiger partial charge in [0.25, 0.3) is 5.69 Å². The fourth-order valence-corrected chi connectivity index (χ4v) is 5.45. The number of nitro groups is 1. The lowest BCUT2D eigenvalue weighted by Gasteiger charge is -2.24. The molecule has 2 aromatic heterocycles. The van der Waals surface area contributed by atoms with Crippen LogP contribution in [-0.4, -0.2) is 49.1 Å². The zero-order valence-electron chi connectivity index (χ0n) is 24.0. The quantitative estimate of drug-likeness (QED) is 0.158. The molecule has 218 valence electrons. The topological polar surface area (TPSA) is 103 Å². The van der Waals surface area contributed by atoms with E-state index in [1.807, 2.05) is 81.4 Å². The molecule has 3 heterocycles. The normalized spacial score (nSPS) is 15.2. The Balaban J connectivity index is 1.43. The molecule has 0 radical (unpaired) electrons. The number of hydrogen-bond donors (Lipinski definition) is 0. The third-order valence-corrected chi connectivity index (χ3v) is 7.45. The van der Waals surface area contributed by atoms with Crippen LogP contribution in [0.5, 0.6) is 0 Å². The van der Waals surface area contributed by atoms with Gasteiger partial charge in [0.2, 0.25) is 0 Å². The second kappa shape index (κ2) is 10.9. The minimum Gasteiger partial charge on any atom is -0.444 e. The fraction of sp³-hybridized carbons (Fsp3) is 0.242. The molecule has 1 aliphatic heterocycles. The molecule has 6 rings (SSSR count). The molecule has 1 fully saturated rings. The van der Waals surface area contributed by atoms with Crippen LogP contribution in [0, 0.1) is 15.9 Å². The zero-order valence-corrected chi connectivity index (χ0v) is 24.0. The van der Waals surface area contributed by atoms with Crippen molar-refractivity contribution in [2.45, 2.75) is 38.7 Å². The minimum absolute atomic E-state index is 0.0854. The number of amides is 1. The Bertz CT molecular complexity index is 1830. The lowest BCUT2D eigenvalue weighted by Crippen LogP contribution is -2.35. The highest BCUT2D eigenvalue weighted by molar-refractivity contribution is 5.84. The highest BCUT2D eigenvalue weighted by Gasteiger charge is 2.31. The largest absolute Gasteiger partial charge is 0.444 e. The first-order valence-corrected chi connectivity index (χ1v) is 14.1. The molecule has 0 N–H and O–H groups in total. The van der Waals surface area contributed by atoms with Crippen molar-refractivity contribution in [2.24, 2.45) is 0 Å². The average molecular weight is 580 g/mol. The number of nitro benzene ring substituents is 1. The first-order chi connectivity index (χ1) is 20.6. The average Bonchev–Trinajstić information content (AvgIpc) is 3.62. The lowest BCUT2D eigenvalue weighted by atomic mass is 9.98. The number of imidazole rings is 1. The van der Waals surface area contributed by atoms with E-state index in [4.69, 9.17) is 9.72 Å². The molecular formula is C33H30FN5O4. The molecule has 1 unspecified atom stereocenters. The van der Waals surface area contributed by atoms with Gasteiger partial charge in [-0.15, -0.1) is 0 Å². The van der Waals surface area contributed by atoms with Crippen LogP contribution in [0.15, 0.2) is 84.9 Å². The van der Waals surface area contributed by atoms with E-state index in [2.05, 4.69) is 4.98 Å². The summed E-state index contributed by atoms with van der Waals surface area (Å²) >= 11 is 0. The van der Waals surface area contributed by atoms with Crippen molar-refractivity contribution >= 4 is 22.9 Å². The van der Waals surface area contributed by atoms with Crippen molar-refractivity contribution in [2.75, 3.05) is 13.1 Å². The van der Waals surface area contributed by atoms with Gasteiger partial charge in [0, 0.05) is 36.3 Å². The van der Waals surface area contributed by atoms with E-state index in [-0.39, 0.29) is 29.1 Å². The Morgan fingerprint density at radius 1 is 0.977 bits per heavy atom. The van der Waals surface area contributed by atoms with Gasteiger partial charge in [0.05, 0.1) is 10.6 Å². The Morgan fingerprint density at radius 3 is 2.42 bits per heavy atom. The maximum atomic E-state index is 15.3. The predicted octanol–water partition coefficient (Wildman–Crippen LogP) is 7.53. The second-order valence-electron chi connectivity index (χ2n) is 11.6. The van der Waals surface area contributed by atoms with Crippen LogP contribution in [0.2, 0.25) is 0 Å². The van der Waals surface area contributed by atoms with Crippen LogP contribution in [0.4, 0.5) is 14.9 Å². The molecule has 1 aliphatic rings. The number of aromatic nitrogens is 3. The van der Waals surface area contributed by atoms with Crippen molar-refractivity contribution in [1.29, 1.82) is 0 Å². The van der Waals surface area contributed by atoms with Gasteiger partial charge >= 0.3 is 6.09 Å². The van der Waals surface area contributed by atoms with Gasteiger partial charge in [-0.1, -0.05) is 48.5 Å². The third-order valence-electron chi connectivity index (χ3n) is 7.45. The summed E-state index contributed by atoms with van der Waals surface area (Å²) in [6.45, 7) is 6.67. The summed E-state index contributed by atoms with van der Waals surface area (Å²) < 4.78 is 22.5. The highest BCUT2D eigenvalue weighted by Crippen LogP contribution is 2.37. The number of ether oxygens (including phenoxy) is 1. The van der Waals surface area contributed by atoms with Crippen LogP contribution in [0.3, 0.4) is 0 Å². The Hall–Kier alpha value is -5.12. The number of rotatable bonds is 5. The smallest absolute Gasteiger partial charge is 0.410 e. The van der Waals surface area contributed by atoms with E-state index in [1.54, 1.807) is 15.5 Å². The molecule has 0 spiro atoms. The molecule has 5 aromatic rings. The van der Waals surface area contributed by atoms with Gasteiger partial charge in [0.1, 0.15) is 22.5 Å². The van der Waals surface area contributed by atoms with Gasteiger partial charge in [-0.25, -0.2) is 19.2 Å². The number of halogens is 1.